The fraction of sp³-hybridized carbons (Fsp3) is 0.214. The van der Waals surface area contributed by atoms with E-state index in [1.165, 1.54) is 0 Å². The first-order valence-electron chi connectivity index (χ1n) is 11.2. The van der Waals surface area contributed by atoms with Gasteiger partial charge in [0.15, 0.2) is 23.1 Å². The molecule has 0 bridgehead atoms. The first kappa shape index (κ1) is 23.1. The molecule has 0 atom stereocenters. The average Bonchev–Trinajstić information content (AvgIpc) is 2.86. The molecule has 0 spiro atoms. The number of hydrogen-bond acceptors (Lipinski definition) is 6. The van der Waals surface area contributed by atoms with Gasteiger partial charge >= 0.3 is 0 Å². The van der Waals surface area contributed by atoms with Crippen LogP contribution in [0.3, 0.4) is 0 Å². The summed E-state index contributed by atoms with van der Waals surface area (Å²) >= 11 is 0. The summed E-state index contributed by atoms with van der Waals surface area (Å²) in [5.74, 6) is -1.02. The van der Waals surface area contributed by atoms with Gasteiger partial charge in [-0.2, -0.15) is 0 Å². The van der Waals surface area contributed by atoms with Crippen LogP contribution in [0.5, 0.6) is 0 Å². The van der Waals surface area contributed by atoms with Crippen molar-refractivity contribution in [3.05, 3.63) is 106 Å². The van der Waals surface area contributed by atoms with E-state index in [1.807, 2.05) is 0 Å². The zero-order chi connectivity index (χ0) is 24.2. The Morgan fingerprint density at radius 3 is 1.21 bits per heavy atom. The lowest BCUT2D eigenvalue weighted by molar-refractivity contribution is 0.0878. The summed E-state index contributed by atoms with van der Waals surface area (Å²) in [4.78, 5) is 51.9. The predicted molar refractivity (Wildman–Crippen MR) is 126 cm³/mol. The van der Waals surface area contributed by atoms with E-state index in [9.17, 15) is 19.2 Å². The number of hydrogen-bond donors (Lipinski definition) is 0. The minimum absolute atomic E-state index is 0.0583. The second-order valence-electron chi connectivity index (χ2n) is 7.77. The second kappa shape index (κ2) is 9.83. The molecule has 0 saturated carbocycles. The molecule has 0 amide bonds. The molecule has 2 aliphatic carbocycles. The Kier molecular flexibility index (Phi) is 6.68. The summed E-state index contributed by atoms with van der Waals surface area (Å²) in [6.07, 6.45) is 3.74. The lowest BCUT2D eigenvalue weighted by Gasteiger charge is -2.20. The molecule has 0 N–H and O–H groups in total. The maximum Gasteiger partial charge on any atom is 0.228 e. The molecule has 0 fully saturated rings. The summed E-state index contributed by atoms with van der Waals surface area (Å²) in [7, 11) is 0. The van der Waals surface area contributed by atoms with Crippen LogP contribution in [0.25, 0.3) is 0 Å². The van der Waals surface area contributed by atoms with Crippen molar-refractivity contribution in [1.29, 1.82) is 0 Å². The van der Waals surface area contributed by atoms with Gasteiger partial charge in [-0.05, 0) is 26.7 Å². The van der Waals surface area contributed by atoms with Gasteiger partial charge in [0.2, 0.25) is 11.6 Å². The highest BCUT2D eigenvalue weighted by Crippen LogP contribution is 2.31. The summed E-state index contributed by atoms with van der Waals surface area (Å²) in [5, 5.41) is 0. The molecule has 0 unspecified atom stereocenters. The van der Waals surface area contributed by atoms with Gasteiger partial charge in [0.1, 0.15) is 0 Å². The molecule has 2 aliphatic rings. The van der Waals surface area contributed by atoms with Gasteiger partial charge in [0, 0.05) is 33.4 Å². The summed E-state index contributed by atoms with van der Waals surface area (Å²) in [5.41, 5.74) is 1.92. The maximum absolute atomic E-state index is 13.1. The normalized spacial score (nSPS) is 15.7. The Hall–Kier alpha value is -4.06. The second-order valence-corrected chi connectivity index (χ2v) is 7.77. The minimum Gasteiger partial charge on any atom is -0.489 e. The molecule has 34 heavy (non-hydrogen) atoms. The van der Waals surface area contributed by atoms with Crippen molar-refractivity contribution in [3.8, 4) is 0 Å². The van der Waals surface area contributed by atoms with Crippen molar-refractivity contribution in [2.45, 2.75) is 26.7 Å². The van der Waals surface area contributed by atoms with Crippen LogP contribution in [0.4, 0.5) is 0 Å². The Balaban J connectivity index is 1.60. The van der Waals surface area contributed by atoms with Gasteiger partial charge in [-0.3, -0.25) is 19.2 Å². The quantitative estimate of drug-likeness (QED) is 0.516. The molecule has 6 nitrogen and oxygen atoms in total. The number of rotatable bonds is 8. The molecule has 0 heterocycles. The molecule has 2 aromatic rings. The van der Waals surface area contributed by atoms with Gasteiger partial charge in [0.05, 0.1) is 13.2 Å². The van der Waals surface area contributed by atoms with E-state index >= 15 is 0 Å². The number of carbonyl (C=O) groups excluding carboxylic acids is 4. The number of carbonyl (C=O) groups is 4. The average molecular weight is 456 g/mol. The monoisotopic (exact) mass is 456 g/mol. The van der Waals surface area contributed by atoms with E-state index in [1.54, 1.807) is 74.5 Å². The Morgan fingerprint density at radius 1 is 0.559 bits per heavy atom. The first-order chi connectivity index (χ1) is 16.5. The molecule has 6 heteroatoms. The van der Waals surface area contributed by atoms with Crippen molar-refractivity contribution >= 4 is 23.1 Å². The topological polar surface area (TPSA) is 86.7 Å². The van der Waals surface area contributed by atoms with Crippen LogP contribution in [0.15, 0.2) is 83.3 Å². The number of Topliss-reactive ketones (excluding diaryl/α,β-unsaturated/α-hetero) is 4. The lowest BCUT2D eigenvalue weighted by Crippen LogP contribution is -2.24. The molecule has 0 aromatic heterocycles. The molecule has 0 saturated heterocycles. The van der Waals surface area contributed by atoms with E-state index in [-0.39, 0.29) is 71.9 Å². The van der Waals surface area contributed by atoms with Crippen molar-refractivity contribution in [3.63, 3.8) is 0 Å². The molecule has 172 valence electrons. The standard InChI is InChI=1S/C28H24O6/c1-3-33-27-21(23(29)17-11-5-7-13-19(17)25(27)31)15-9-10-16-22-24(30)18-12-6-8-14-20(18)26(32)28(22)34-4-2/h5-14H,3-4,15-16H2,1-2H3. The third-order valence-electron chi connectivity index (χ3n) is 5.73. The smallest absolute Gasteiger partial charge is 0.228 e. The first-order valence-corrected chi connectivity index (χ1v) is 11.2. The van der Waals surface area contributed by atoms with E-state index in [0.29, 0.717) is 22.3 Å². The van der Waals surface area contributed by atoms with Crippen LogP contribution in [-0.2, 0) is 9.47 Å². The van der Waals surface area contributed by atoms with Crippen LogP contribution in [-0.4, -0.2) is 36.3 Å². The third-order valence-corrected chi connectivity index (χ3v) is 5.73. The molecular weight excluding hydrogens is 432 g/mol. The number of fused-ring (bicyclic) bond motifs is 2. The zero-order valence-corrected chi connectivity index (χ0v) is 19.1. The molecule has 2 aromatic carbocycles. The number of benzene rings is 2. The van der Waals surface area contributed by atoms with Crippen LogP contribution in [0, 0.1) is 0 Å². The maximum atomic E-state index is 13.1. The van der Waals surface area contributed by atoms with Crippen molar-refractivity contribution in [1.82, 2.24) is 0 Å². The highest BCUT2D eigenvalue weighted by Gasteiger charge is 2.34. The largest absolute Gasteiger partial charge is 0.489 e. The van der Waals surface area contributed by atoms with E-state index in [0.717, 1.165) is 0 Å². The third kappa shape index (κ3) is 4.03. The SMILES string of the molecule is CCOC1=C(CC=CCC2=C(OCC)C(=O)c3ccccc3C2=O)C(=O)c2ccccc2C1=O. The van der Waals surface area contributed by atoms with Crippen LogP contribution in [0.1, 0.15) is 68.1 Å². The van der Waals surface area contributed by atoms with Gasteiger partial charge in [0.25, 0.3) is 0 Å². The lowest BCUT2D eigenvalue weighted by atomic mass is 9.85. The van der Waals surface area contributed by atoms with Crippen molar-refractivity contribution < 1.29 is 28.7 Å². The van der Waals surface area contributed by atoms with Crippen LogP contribution < -0.4 is 0 Å². The van der Waals surface area contributed by atoms with E-state index < -0.39 is 0 Å². The van der Waals surface area contributed by atoms with Gasteiger partial charge in [-0.1, -0.05) is 60.7 Å². The highest BCUT2D eigenvalue weighted by atomic mass is 16.5. The van der Waals surface area contributed by atoms with Gasteiger partial charge in [-0.25, -0.2) is 0 Å². The number of ketones is 4. The van der Waals surface area contributed by atoms with Crippen molar-refractivity contribution in [2.75, 3.05) is 13.2 Å². The van der Waals surface area contributed by atoms with Gasteiger partial charge in [-0.15, -0.1) is 0 Å². The van der Waals surface area contributed by atoms with E-state index in [2.05, 4.69) is 0 Å². The molecular formula is C28H24O6. The number of allylic oxidation sites excluding steroid dienone is 6. The summed E-state index contributed by atoms with van der Waals surface area (Å²) < 4.78 is 11.1. The number of ether oxygens (including phenoxy) is 2. The zero-order valence-electron chi connectivity index (χ0n) is 19.1. The molecule has 4 rings (SSSR count). The van der Waals surface area contributed by atoms with Crippen LogP contribution in [0.2, 0.25) is 0 Å². The fourth-order valence-corrected chi connectivity index (χ4v) is 4.18. The van der Waals surface area contributed by atoms with Crippen molar-refractivity contribution in [2.24, 2.45) is 0 Å². The summed E-state index contributed by atoms with van der Waals surface area (Å²) in [6.45, 7) is 4.02. The van der Waals surface area contributed by atoms with Crippen LogP contribution >= 0.6 is 0 Å². The Morgan fingerprint density at radius 2 is 0.882 bits per heavy atom. The predicted octanol–water partition coefficient (Wildman–Crippen LogP) is 5.06. The fourth-order valence-electron chi connectivity index (χ4n) is 4.18. The molecule has 0 aliphatic heterocycles. The van der Waals surface area contributed by atoms with E-state index in [4.69, 9.17) is 9.47 Å². The minimum atomic E-state index is -0.313. The molecule has 0 radical (unpaired) electrons. The Labute approximate surface area is 197 Å². The Bertz CT molecular complexity index is 1190. The highest BCUT2D eigenvalue weighted by molar-refractivity contribution is 6.27. The summed E-state index contributed by atoms with van der Waals surface area (Å²) in [6, 6.07) is 13.4. The van der Waals surface area contributed by atoms with Gasteiger partial charge < -0.3 is 9.47 Å².